The van der Waals surface area contributed by atoms with Gasteiger partial charge in [-0.1, -0.05) is 28.9 Å². The summed E-state index contributed by atoms with van der Waals surface area (Å²) in [5, 5.41) is 9.26. The zero-order valence-electron chi connectivity index (χ0n) is 22.1. The van der Waals surface area contributed by atoms with Crippen LogP contribution in [0.15, 0.2) is 71.3 Å². The van der Waals surface area contributed by atoms with Crippen LogP contribution in [-0.2, 0) is 16.0 Å². The molecule has 1 aliphatic heterocycles. The number of halogens is 1. The summed E-state index contributed by atoms with van der Waals surface area (Å²) in [4.78, 5) is 30.3. The predicted octanol–water partition coefficient (Wildman–Crippen LogP) is 5.70. The Morgan fingerprint density at radius 3 is 2.52 bits per heavy atom. The number of aryl methyl sites for hydroxylation is 1. The average molecular weight is 544 g/mol. The van der Waals surface area contributed by atoms with Crippen LogP contribution in [0.2, 0.25) is 0 Å². The number of carbonyl (C=O) groups excluding carboxylic acids is 2. The van der Waals surface area contributed by atoms with Crippen LogP contribution in [0, 0.1) is 12.7 Å². The summed E-state index contributed by atoms with van der Waals surface area (Å²) >= 11 is 0. The molecule has 0 bridgehead atoms. The molecule has 0 aliphatic carbocycles. The van der Waals surface area contributed by atoms with E-state index in [1.807, 2.05) is 55.5 Å². The summed E-state index contributed by atoms with van der Waals surface area (Å²) in [6, 6.07) is 19.1. The summed E-state index contributed by atoms with van der Waals surface area (Å²) < 4.78 is 25.4. The first-order valence-electron chi connectivity index (χ1n) is 13.2. The highest BCUT2D eigenvalue weighted by Gasteiger charge is 2.18. The highest BCUT2D eigenvalue weighted by atomic mass is 19.1. The maximum atomic E-state index is 15.0. The maximum Gasteiger partial charge on any atom is 0.322 e. The van der Waals surface area contributed by atoms with E-state index in [0.717, 1.165) is 29.9 Å². The zero-order chi connectivity index (χ0) is 27.9. The fraction of sp³-hybridized carbons (Fsp3) is 0.267. The number of hydrogen-bond donors (Lipinski definition) is 2. The van der Waals surface area contributed by atoms with Crippen molar-refractivity contribution < 1.29 is 23.2 Å². The normalized spacial score (nSPS) is 13.9. The molecule has 4 aromatic rings. The molecular weight excluding hydrogens is 513 g/mol. The van der Waals surface area contributed by atoms with Gasteiger partial charge in [-0.2, -0.15) is 4.98 Å². The highest BCUT2D eigenvalue weighted by Crippen LogP contribution is 2.26. The minimum Gasteiger partial charge on any atom is -0.443 e. The Bertz CT molecular complexity index is 1450. The van der Waals surface area contributed by atoms with E-state index < -0.39 is 18.1 Å². The van der Waals surface area contributed by atoms with E-state index in [-0.39, 0.29) is 30.2 Å². The van der Waals surface area contributed by atoms with E-state index in [2.05, 4.69) is 25.7 Å². The number of ether oxygens (including phenoxy) is 1. The van der Waals surface area contributed by atoms with Crippen molar-refractivity contribution in [3.05, 3.63) is 83.7 Å². The second-order valence-corrected chi connectivity index (χ2v) is 9.72. The number of urea groups is 1. The number of benzene rings is 3. The fourth-order valence-electron chi connectivity index (χ4n) is 4.65. The average Bonchev–Trinajstić information content (AvgIpc) is 3.44. The maximum absolute atomic E-state index is 15.0. The Balaban J connectivity index is 1.20. The number of aromatic nitrogens is 2. The second kappa shape index (κ2) is 12.4. The molecule has 1 fully saturated rings. The molecule has 0 radical (unpaired) electrons. The van der Waals surface area contributed by atoms with Gasteiger partial charge in [0.15, 0.2) is 6.23 Å². The van der Waals surface area contributed by atoms with Crippen LogP contribution in [0.25, 0.3) is 22.8 Å². The van der Waals surface area contributed by atoms with Crippen LogP contribution in [0.4, 0.5) is 20.6 Å². The summed E-state index contributed by atoms with van der Waals surface area (Å²) in [5.74, 6) is -0.171. The SMILES string of the molecule is Cc1ccc(-c2nc(-c3ccc(CC(NC(=O)Nc4ccc(N5CCCCC5)cc4)OC=O)cc3F)no2)cc1. The molecule has 1 aliphatic rings. The lowest BCUT2D eigenvalue weighted by Gasteiger charge is -2.28. The van der Waals surface area contributed by atoms with Crippen molar-refractivity contribution in [2.24, 2.45) is 0 Å². The lowest BCUT2D eigenvalue weighted by Crippen LogP contribution is -2.41. The van der Waals surface area contributed by atoms with Gasteiger partial charge in [0.25, 0.3) is 12.4 Å². The van der Waals surface area contributed by atoms with Crippen LogP contribution in [-0.4, -0.2) is 42.0 Å². The molecule has 0 saturated carbocycles. The summed E-state index contributed by atoms with van der Waals surface area (Å²) in [6.07, 6.45) is 2.66. The Hall–Kier alpha value is -4.73. The van der Waals surface area contributed by atoms with Crippen LogP contribution in [0.5, 0.6) is 0 Å². The third-order valence-corrected chi connectivity index (χ3v) is 6.78. The molecule has 2 N–H and O–H groups in total. The molecule has 1 unspecified atom stereocenters. The number of hydrogen-bond acceptors (Lipinski definition) is 7. The Labute approximate surface area is 231 Å². The van der Waals surface area contributed by atoms with E-state index >= 15 is 4.39 Å². The molecule has 3 aromatic carbocycles. The lowest BCUT2D eigenvalue weighted by atomic mass is 10.1. The third-order valence-electron chi connectivity index (χ3n) is 6.78. The Morgan fingerprint density at radius 2 is 1.82 bits per heavy atom. The van der Waals surface area contributed by atoms with Crippen molar-refractivity contribution in [2.75, 3.05) is 23.3 Å². The van der Waals surface area contributed by atoms with Crippen LogP contribution < -0.4 is 15.5 Å². The topological polar surface area (TPSA) is 110 Å². The van der Waals surface area contributed by atoms with Gasteiger partial charge in [-0.25, -0.2) is 9.18 Å². The summed E-state index contributed by atoms with van der Waals surface area (Å²) in [7, 11) is 0. The van der Waals surface area contributed by atoms with Crippen molar-refractivity contribution in [1.29, 1.82) is 0 Å². The van der Waals surface area contributed by atoms with E-state index in [0.29, 0.717) is 11.3 Å². The third kappa shape index (κ3) is 6.63. The van der Waals surface area contributed by atoms with E-state index in [4.69, 9.17) is 9.26 Å². The minimum absolute atomic E-state index is 0.0537. The number of rotatable bonds is 9. The van der Waals surface area contributed by atoms with Gasteiger partial charge in [-0.3, -0.25) is 4.79 Å². The van der Waals surface area contributed by atoms with Gasteiger partial charge in [0.1, 0.15) is 5.82 Å². The molecule has 0 spiro atoms. The van der Waals surface area contributed by atoms with E-state index in [1.165, 1.54) is 31.4 Å². The highest BCUT2D eigenvalue weighted by molar-refractivity contribution is 5.89. The predicted molar refractivity (Wildman–Crippen MR) is 149 cm³/mol. The lowest BCUT2D eigenvalue weighted by molar-refractivity contribution is -0.134. The molecule has 40 heavy (non-hydrogen) atoms. The number of nitrogens with one attached hydrogen (secondary N) is 2. The standard InChI is InChI=1S/C30H30FN5O4/c1-20-5-8-22(9-6-20)29-34-28(35-40-29)25-14-7-21(17-26(25)31)18-27(39-19-37)33-30(38)32-23-10-12-24(13-11-23)36-15-3-2-4-16-36/h5-14,17,19,27H,2-4,15-16,18H2,1H3,(H2,32,33,38). The molecule has 1 aromatic heterocycles. The number of carbonyl (C=O) groups is 2. The Morgan fingerprint density at radius 1 is 1.07 bits per heavy atom. The van der Waals surface area contributed by atoms with Gasteiger partial charge < -0.3 is 24.8 Å². The molecular formula is C30H30FN5O4. The molecule has 9 nitrogen and oxygen atoms in total. The summed E-state index contributed by atoms with van der Waals surface area (Å²) in [6.45, 7) is 4.28. The zero-order valence-corrected chi connectivity index (χ0v) is 22.1. The largest absolute Gasteiger partial charge is 0.443 e. The Kier molecular flexibility index (Phi) is 8.34. The van der Waals surface area contributed by atoms with Gasteiger partial charge in [-0.05, 0) is 80.3 Å². The molecule has 1 atom stereocenters. The molecule has 5 rings (SSSR count). The van der Waals surface area contributed by atoms with Gasteiger partial charge >= 0.3 is 6.03 Å². The fourth-order valence-corrected chi connectivity index (χ4v) is 4.65. The molecule has 2 amide bonds. The smallest absolute Gasteiger partial charge is 0.322 e. The number of amides is 2. The van der Waals surface area contributed by atoms with E-state index in [1.54, 1.807) is 6.07 Å². The van der Waals surface area contributed by atoms with Crippen molar-refractivity contribution in [3.63, 3.8) is 0 Å². The first kappa shape index (κ1) is 26.9. The molecule has 1 saturated heterocycles. The second-order valence-electron chi connectivity index (χ2n) is 9.72. The quantitative estimate of drug-likeness (QED) is 0.206. The first-order chi connectivity index (χ1) is 19.5. The number of nitrogens with zero attached hydrogens (tertiary/aromatic N) is 3. The van der Waals surface area contributed by atoms with Crippen LogP contribution in [0.3, 0.4) is 0 Å². The van der Waals surface area contributed by atoms with Gasteiger partial charge in [0.2, 0.25) is 5.82 Å². The van der Waals surface area contributed by atoms with Gasteiger partial charge in [0, 0.05) is 36.4 Å². The van der Waals surface area contributed by atoms with Crippen molar-refractivity contribution in [1.82, 2.24) is 15.5 Å². The van der Waals surface area contributed by atoms with Crippen LogP contribution >= 0.6 is 0 Å². The first-order valence-corrected chi connectivity index (χ1v) is 13.2. The molecule has 206 valence electrons. The monoisotopic (exact) mass is 543 g/mol. The van der Waals surface area contributed by atoms with Crippen LogP contribution in [0.1, 0.15) is 30.4 Å². The number of piperidine rings is 1. The minimum atomic E-state index is -1.01. The van der Waals surface area contributed by atoms with E-state index in [9.17, 15) is 9.59 Å². The molecule has 2 heterocycles. The van der Waals surface area contributed by atoms with Crippen molar-refractivity contribution >= 4 is 23.9 Å². The molecule has 10 heteroatoms. The van der Waals surface area contributed by atoms with Gasteiger partial charge in [-0.15, -0.1) is 0 Å². The van der Waals surface area contributed by atoms with Crippen molar-refractivity contribution in [2.45, 2.75) is 38.8 Å². The number of anilines is 2. The van der Waals surface area contributed by atoms with Gasteiger partial charge in [0.05, 0.1) is 5.56 Å². The van der Waals surface area contributed by atoms with Crippen molar-refractivity contribution in [3.8, 4) is 22.8 Å². The summed E-state index contributed by atoms with van der Waals surface area (Å²) in [5.41, 5.74) is 4.21.